The largest absolute Gasteiger partial charge is 0.396 e. The molecule has 0 spiro atoms. The Morgan fingerprint density at radius 1 is 1.08 bits per heavy atom. The third kappa shape index (κ3) is 7.75. The predicted octanol–water partition coefficient (Wildman–Crippen LogP) is 2.03. The highest BCUT2D eigenvalue weighted by Gasteiger charge is 1.93. The lowest BCUT2D eigenvalue weighted by atomic mass is 10.1. The molecule has 13 heavy (non-hydrogen) atoms. The molecule has 0 bridgehead atoms. The lowest BCUT2D eigenvalue weighted by Gasteiger charge is -2.01. The van der Waals surface area contributed by atoms with Crippen molar-refractivity contribution in [3.8, 4) is 0 Å². The van der Waals surface area contributed by atoms with Crippen LogP contribution in [0.4, 0.5) is 0 Å². The topological polar surface area (TPSA) is 40.5 Å². The van der Waals surface area contributed by atoms with E-state index in [0.717, 1.165) is 18.4 Å². The monoisotopic (exact) mass is 184 g/mol. The molecule has 0 unspecified atom stereocenters. The van der Waals surface area contributed by atoms with Crippen LogP contribution in [0.1, 0.15) is 33.1 Å². The molecule has 2 N–H and O–H groups in total. The minimum atomic E-state index is 0.108. The number of hydrogen-bond acceptors (Lipinski definition) is 2. The summed E-state index contributed by atoms with van der Waals surface area (Å²) >= 11 is 0. The summed E-state index contributed by atoms with van der Waals surface area (Å²) in [4.78, 5) is 0. The molecule has 0 aliphatic rings. The van der Waals surface area contributed by atoms with E-state index in [1.807, 2.05) is 6.08 Å². The van der Waals surface area contributed by atoms with Crippen LogP contribution in [0.15, 0.2) is 23.3 Å². The van der Waals surface area contributed by atoms with E-state index in [2.05, 4.69) is 19.9 Å². The van der Waals surface area contributed by atoms with Gasteiger partial charge in [-0.2, -0.15) is 0 Å². The number of aliphatic hydroxyl groups is 2. The normalized spacial score (nSPS) is 11.5. The van der Waals surface area contributed by atoms with Gasteiger partial charge in [-0.25, -0.2) is 0 Å². The lowest BCUT2D eigenvalue weighted by Crippen LogP contribution is -1.91. The van der Waals surface area contributed by atoms with Gasteiger partial charge in [0.1, 0.15) is 0 Å². The van der Waals surface area contributed by atoms with E-state index < -0.39 is 0 Å². The van der Waals surface area contributed by atoms with Crippen LogP contribution in [0.25, 0.3) is 0 Å². The summed E-state index contributed by atoms with van der Waals surface area (Å²) < 4.78 is 0. The van der Waals surface area contributed by atoms with Gasteiger partial charge >= 0.3 is 0 Å². The highest BCUT2D eigenvalue weighted by molar-refractivity contribution is 5.05. The van der Waals surface area contributed by atoms with Gasteiger partial charge in [-0.1, -0.05) is 17.7 Å². The zero-order valence-corrected chi connectivity index (χ0v) is 8.58. The SMILES string of the molecule is CC(C)=CCC/C(=C/CCO)CO. The maximum absolute atomic E-state index is 8.95. The molecule has 0 atom stereocenters. The molecule has 0 saturated carbocycles. The van der Waals surface area contributed by atoms with Crippen molar-refractivity contribution in [2.75, 3.05) is 13.2 Å². The summed E-state index contributed by atoms with van der Waals surface area (Å²) in [6.45, 7) is 4.40. The first-order valence-corrected chi connectivity index (χ1v) is 4.73. The van der Waals surface area contributed by atoms with Crippen molar-refractivity contribution in [3.63, 3.8) is 0 Å². The fraction of sp³-hybridized carbons (Fsp3) is 0.636. The average Bonchev–Trinajstić information content (AvgIpc) is 2.10. The van der Waals surface area contributed by atoms with E-state index in [9.17, 15) is 0 Å². The van der Waals surface area contributed by atoms with Crippen molar-refractivity contribution < 1.29 is 10.2 Å². The summed E-state index contributed by atoms with van der Waals surface area (Å²) in [6.07, 6.45) is 6.58. The molecule has 0 heterocycles. The van der Waals surface area contributed by atoms with Crippen LogP contribution in [0.3, 0.4) is 0 Å². The van der Waals surface area contributed by atoms with E-state index in [1.165, 1.54) is 5.57 Å². The summed E-state index contributed by atoms with van der Waals surface area (Å²) in [6, 6.07) is 0. The van der Waals surface area contributed by atoms with Crippen LogP contribution in [-0.4, -0.2) is 23.4 Å². The summed E-state index contributed by atoms with van der Waals surface area (Å²) in [5.74, 6) is 0. The van der Waals surface area contributed by atoms with Crippen molar-refractivity contribution in [3.05, 3.63) is 23.3 Å². The second kappa shape index (κ2) is 8.02. The van der Waals surface area contributed by atoms with Gasteiger partial charge in [0, 0.05) is 6.61 Å². The Balaban J connectivity index is 3.78. The van der Waals surface area contributed by atoms with E-state index in [1.54, 1.807) is 0 Å². The standard InChI is InChI=1S/C11H20O2/c1-10(2)5-3-6-11(9-13)7-4-8-12/h5,7,12-13H,3-4,6,8-9H2,1-2H3/b11-7-. The van der Waals surface area contributed by atoms with Gasteiger partial charge in [0.15, 0.2) is 0 Å². The first-order chi connectivity index (χ1) is 6.20. The Kier molecular flexibility index (Phi) is 7.65. The molecular formula is C11H20O2. The second-order valence-electron chi connectivity index (χ2n) is 3.35. The molecule has 0 aromatic heterocycles. The predicted molar refractivity (Wildman–Crippen MR) is 55.5 cm³/mol. The molecule has 0 aromatic carbocycles. The Morgan fingerprint density at radius 2 is 1.77 bits per heavy atom. The second-order valence-corrected chi connectivity index (χ2v) is 3.35. The third-order valence-corrected chi connectivity index (χ3v) is 1.78. The highest BCUT2D eigenvalue weighted by Crippen LogP contribution is 2.07. The molecule has 0 aliphatic carbocycles. The van der Waals surface area contributed by atoms with Gasteiger partial charge in [-0.15, -0.1) is 0 Å². The maximum Gasteiger partial charge on any atom is 0.0641 e. The molecule has 2 nitrogen and oxygen atoms in total. The first kappa shape index (κ1) is 12.4. The molecule has 0 aliphatic heterocycles. The Labute approximate surface area is 80.6 Å². The Hall–Kier alpha value is -0.600. The quantitative estimate of drug-likeness (QED) is 0.620. The summed E-state index contributed by atoms with van der Waals surface area (Å²) in [7, 11) is 0. The average molecular weight is 184 g/mol. The van der Waals surface area contributed by atoms with Crippen LogP contribution in [-0.2, 0) is 0 Å². The van der Waals surface area contributed by atoms with Crippen LogP contribution >= 0.6 is 0 Å². The van der Waals surface area contributed by atoms with Crippen molar-refractivity contribution in [1.29, 1.82) is 0 Å². The molecule has 0 amide bonds. The van der Waals surface area contributed by atoms with E-state index >= 15 is 0 Å². The van der Waals surface area contributed by atoms with Gasteiger partial charge in [-0.3, -0.25) is 0 Å². The van der Waals surface area contributed by atoms with Gasteiger partial charge < -0.3 is 10.2 Å². The van der Waals surface area contributed by atoms with Crippen LogP contribution < -0.4 is 0 Å². The minimum absolute atomic E-state index is 0.108. The van der Waals surface area contributed by atoms with Crippen LogP contribution in [0.5, 0.6) is 0 Å². The molecule has 0 rings (SSSR count). The van der Waals surface area contributed by atoms with Gasteiger partial charge in [0.25, 0.3) is 0 Å². The number of rotatable bonds is 6. The van der Waals surface area contributed by atoms with Crippen molar-refractivity contribution in [1.82, 2.24) is 0 Å². The van der Waals surface area contributed by atoms with Crippen molar-refractivity contribution >= 4 is 0 Å². The zero-order chi connectivity index (χ0) is 10.1. The number of allylic oxidation sites excluding steroid dienone is 2. The maximum atomic E-state index is 8.95. The summed E-state index contributed by atoms with van der Waals surface area (Å²) in [5, 5.41) is 17.5. The fourth-order valence-corrected chi connectivity index (χ4v) is 1.06. The zero-order valence-electron chi connectivity index (χ0n) is 8.58. The molecule has 0 aromatic rings. The van der Waals surface area contributed by atoms with E-state index in [0.29, 0.717) is 6.42 Å². The van der Waals surface area contributed by atoms with Gasteiger partial charge in [0.2, 0.25) is 0 Å². The highest BCUT2D eigenvalue weighted by atomic mass is 16.3. The van der Waals surface area contributed by atoms with Crippen LogP contribution in [0.2, 0.25) is 0 Å². The van der Waals surface area contributed by atoms with Crippen molar-refractivity contribution in [2.45, 2.75) is 33.1 Å². The first-order valence-electron chi connectivity index (χ1n) is 4.73. The molecule has 0 fully saturated rings. The Morgan fingerprint density at radius 3 is 2.23 bits per heavy atom. The third-order valence-electron chi connectivity index (χ3n) is 1.78. The van der Waals surface area contributed by atoms with Crippen molar-refractivity contribution in [2.24, 2.45) is 0 Å². The summed E-state index contributed by atoms with van der Waals surface area (Å²) in [5.41, 5.74) is 2.32. The van der Waals surface area contributed by atoms with E-state index in [-0.39, 0.29) is 13.2 Å². The molecule has 0 radical (unpaired) electrons. The molecule has 0 saturated heterocycles. The van der Waals surface area contributed by atoms with Crippen LogP contribution in [0, 0.1) is 0 Å². The molecule has 76 valence electrons. The Bertz CT molecular complexity index is 177. The number of hydrogen-bond donors (Lipinski definition) is 2. The lowest BCUT2D eigenvalue weighted by molar-refractivity contribution is 0.299. The molecule has 2 heteroatoms. The fourth-order valence-electron chi connectivity index (χ4n) is 1.06. The smallest absolute Gasteiger partial charge is 0.0641 e. The van der Waals surface area contributed by atoms with E-state index in [4.69, 9.17) is 10.2 Å². The van der Waals surface area contributed by atoms with Gasteiger partial charge in [0.05, 0.1) is 6.61 Å². The molecular weight excluding hydrogens is 164 g/mol. The minimum Gasteiger partial charge on any atom is -0.396 e. The number of aliphatic hydroxyl groups excluding tert-OH is 2. The van der Waals surface area contributed by atoms with Gasteiger partial charge in [-0.05, 0) is 38.7 Å².